The fourth-order valence-electron chi connectivity index (χ4n) is 2.91. The minimum atomic E-state index is -0.683. The van der Waals surface area contributed by atoms with Gasteiger partial charge in [0, 0.05) is 29.3 Å². The van der Waals surface area contributed by atoms with E-state index in [1.54, 1.807) is 0 Å². The van der Waals surface area contributed by atoms with Gasteiger partial charge in [-0.15, -0.1) is 11.3 Å². The van der Waals surface area contributed by atoms with Gasteiger partial charge in [-0.2, -0.15) is 0 Å². The molecule has 2 heterocycles. The molecule has 0 bridgehead atoms. The molecule has 2 N–H and O–H groups in total. The molecule has 4 rings (SSSR count). The predicted octanol–water partition coefficient (Wildman–Crippen LogP) is 4.81. The summed E-state index contributed by atoms with van der Waals surface area (Å²) in [4.78, 5) is 16.7. The fourth-order valence-corrected chi connectivity index (χ4v) is 3.64. The molecule has 1 aliphatic rings. The van der Waals surface area contributed by atoms with Gasteiger partial charge in [0.1, 0.15) is 11.6 Å². The van der Waals surface area contributed by atoms with Crippen LogP contribution in [-0.2, 0) is 9.53 Å². The first kappa shape index (κ1) is 18.5. The zero-order chi connectivity index (χ0) is 19.5. The molecule has 5 nitrogen and oxygen atoms in total. The molecule has 144 valence electrons. The number of hydrogen-bond donors (Lipinski definition) is 2. The molecule has 28 heavy (non-hydrogen) atoms. The number of thiazole rings is 1. The van der Waals surface area contributed by atoms with Gasteiger partial charge in [0.05, 0.1) is 23.9 Å². The van der Waals surface area contributed by atoms with Crippen molar-refractivity contribution in [1.82, 2.24) is 4.98 Å². The van der Waals surface area contributed by atoms with E-state index in [0.29, 0.717) is 29.7 Å². The summed E-state index contributed by atoms with van der Waals surface area (Å²) < 4.78 is 32.1. The molecule has 0 unspecified atom stereocenters. The maximum Gasteiger partial charge on any atom is 0.229 e. The predicted molar refractivity (Wildman–Crippen MR) is 105 cm³/mol. The van der Waals surface area contributed by atoms with Crippen LogP contribution in [0.2, 0.25) is 0 Å². The third-order valence-corrected chi connectivity index (χ3v) is 5.16. The van der Waals surface area contributed by atoms with Gasteiger partial charge in [0.2, 0.25) is 5.91 Å². The minimum absolute atomic E-state index is 0.0536. The second-order valence-electron chi connectivity index (χ2n) is 6.42. The fraction of sp³-hybridized carbons (Fsp3) is 0.200. The quantitative estimate of drug-likeness (QED) is 0.644. The summed E-state index contributed by atoms with van der Waals surface area (Å²) in [6, 6.07) is 10.7. The lowest BCUT2D eigenvalue weighted by molar-refractivity contribution is -0.119. The highest BCUT2D eigenvalue weighted by Crippen LogP contribution is 2.29. The molecule has 1 aliphatic heterocycles. The first-order chi connectivity index (χ1) is 13.6. The number of halogens is 2. The van der Waals surface area contributed by atoms with E-state index in [1.807, 2.05) is 29.6 Å². The Labute approximate surface area is 164 Å². The minimum Gasteiger partial charge on any atom is -0.381 e. The van der Waals surface area contributed by atoms with E-state index in [9.17, 15) is 13.6 Å². The Bertz CT molecular complexity index is 1000. The Kier molecular flexibility index (Phi) is 5.31. The van der Waals surface area contributed by atoms with Gasteiger partial charge in [0.25, 0.3) is 0 Å². The number of carbonyl (C=O) groups is 1. The number of carbonyl (C=O) groups excluding carboxylic acids is 1. The lowest BCUT2D eigenvalue weighted by Gasteiger charge is -2.10. The van der Waals surface area contributed by atoms with Crippen molar-refractivity contribution in [2.75, 3.05) is 23.8 Å². The number of nitrogens with zero attached hydrogens (tertiary/aromatic N) is 1. The topological polar surface area (TPSA) is 63.2 Å². The largest absolute Gasteiger partial charge is 0.381 e. The van der Waals surface area contributed by atoms with Crippen LogP contribution in [0.15, 0.2) is 47.8 Å². The molecule has 1 aromatic heterocycles. The smallest absolute Gasteiger partial charge is 0.229 e. The zero-order valence-electron chi connectivity index (χ0n) is 14.7. The van der Waals surface area contributed by atoms with E-state index < -0.39 is 11.6 Å². The van der Waals surface area contributed by atoms with Gasteiger partial charge in [0.15, 0.2) is 5.13 Å². The average Bonchev–Trinajstić information content (AvgIpc) is 3.36. The summed E-state index contributed by atoms with van der Waals surface area (Å²) in [6.45, 7) is 1.06. The molecule has 1 atom stereocenters. The Hall–Kier alpha value is -2.84. The number of nitrogens with one attached hydrogen (secondary N) is 2. The molecule has 8 heteroatoms. The molecule has 3 aromatic rings. The zero-order valence-corrected chi connectivity index (χ0v) is 15.6. The van der Waals surface area contributed by atoms with Gasteiger partial charge in [-0.3, -0.25) is 4.79 Å². The maximum atomic E-state index is 13.8. The lowest BCUT2D eigenvalue weighted by Crippen LogP contribution is -2.22. The third-order valence-electron chi connectivity index (χ3n) is 4.40. The average molecular weight is 401 g/mol. The van der Waals surface area contributed by atoms with E-state index in [4.69, 9.17) is 4.74 Å². The van der Waals surface area contributed by atoms with Crippen molar-refractivity contribution in [1.29, 1.82) is 0 Å². The van der Waals surface area contributed by atoms with Gasteiger partial charge < -0.3 is 15.4 Å². The molecule has 1 amide bonds. The van der Waals surface area contributed by atoms with Gasteiger partial charge in [-0.05, 0) is 30.7 Å². The molecule has 1 fully saturated rings. The molecule has 1 saturated heterocycles. The Morgan fingerprint density at radius 3 is 2.89 bits per heavy atom. The summed E-state index contributed by atoms with van der Waals surface area (Å²) in [6.07, 6.45) is 0.729. The number of ether oxygens (including phenoxy) is 1. The molecular formula is C20H17F2N3O2S. The van der Waals surface area contributed by atoms with E-state index in [-0.39, 0.29) is 17.5 Å². The van der Waals surface area contributed by atoms with Crippen LogP contribution in [0.25, 0.3) is 11.3 Å². The van der Waals surface area contributed by atoms with Crippen molar-refractivity contribution in [2.24, 2.45) is 5.92 Å². The Morgan fingerprint density at radius 2 is 2.11 bits per heavy atom. The number of hydrogen-bond acceptors (Lipinski definition) is 5. The summed E-state index contributed by atoms with van der Waals surface area (Å²) in [5, 5.41) is 8.08. The summed E-state index contributed by atoms with van der Waals surface area (Å²) in [7, 11) is 0. The summed E-state index contributed by atoms with van der Waals surface area (Å²) >= 11 is 1.31. The number of anilines is 3. The van der Waals surface area contributed by atoms with Gasteiger partial charge in [-0.1, -0.05) is 12.1 Å². The highest BCUT2D eigenvalue weighted by Gasteiger charge is 2.23. The van der Waals surface area contributed by atoms with Crippen LogP contribution in [0.3, 0.4) is 0 Å². The number of rotatable bonds is 5. The maximum absolute atomic E-state index is 13.8. The number of benzene rings is 2. The molecule has 2 aromatic carbocycles. The number of aromatic nitrogens is 1. The van der Waals surface area contributed by atoms with Crippen LogP contribution in [0.1, 0.15) is 6.42 Å². The van der Waals surface area contributed by atoms with E-state index in [1.165, 1.54) is 23.5 Å². The van der Waals surface area contributed by atoms with Crippen LogP contribution in [0, 0.1) is 17.6 Å². The van der Waals surface area contributed by atoms with Crippen molar-refractivity contribution < 1.29 is 18.3 Å². The first-order valence-electron chi connectivity index (χ1n) is 8.75. The van der Waals surface area contributed by atoms with E-state index in [2.05, 4.69) is 15.6 Å². The van der Waals surface area contributed by atoms with Crippen molar-refractivity contribution in [3.8, 4) is 11.3 Å². The van der Waals surface area contributed by atoms with Gasteiger partial charge in [-0.25, -0.2) is 13.8 Å². The SMILES string of the molecule is O=C(Nc1cccc(-c2csc(Nc3ccc(F)cc3F)n2)c1)[C@H]1CCOC1. The van der Waals surface area contributed by atoms with Crippen molar-refractivity contribution in [3.05, 3.63) is 59.5 Å². The van der Waals surface area contributed by atoms with Crippen LogP contribution in [-0.4, -0.2) is 24.1 Å². The normalized spacial score (nSPS) is 16.1. The van der Waals surface area contributed by atoms with Crippen molar-refractivity contribution in [2.45, 2.75) is 6.42 Å². The summed E-state index contributed by atoms with van der Waals surface area (Å²) in [5.41, 5.74) is 2.35. The van der Waals surface area contributed by atoms with Crippen LogP contribution in [0.5, 0.6) is 0 Å². The summed E-state index contributed by atoms with van der Waals surface area (Å²) in [5.74, 6) is -1.49. The van der Waals surface area contributed by atoms with E-state index >= 15 is 0 Å². The third kappa shape index (κ3) is 4.18. The highest BCUT2D eigenvalue weighted by atomic mass is 32.1. The van der Waals surface area contributed by atoms with Gasteiger partial charge >= 0.3 is 0 Å². The standard InChI is InChI=1S/C20H17F2N3O2S/c21-14-4-5-17(16(22)9-14)24-20-25-18(11-28-20)12-2-1-3-15(8-12)23-19(26)13-6-7-27-10-13/h1-5,8-9,11,13H,6-7,10H2,(H,23,26)(H,24,25)/t13-/m0/s1. The molecule has 0 saturated carbocycles. The lowest BCUT2D eigenvalue weighted by atomic mass is 10.1. The molecule has 0 aliphatic carbocycles. The highest BCUT2D eigenvalue weighted by molar-refractivity contribution is 7.14. The van der Waals surface area contributed by atoms with Crippen molar-refractivity contribution in [3.63, 3.8) is 0 Å². The Morgan fingerprint density at radius 1 is 1.21 bits per heavy atom. The second-order valence-corrected chi connectivity index (χ2v) is 7.28. The Balaban J connectivity index is 1.48. The second kappa shape index (κ2) is 8.04. The first-order valence-corrected chi connectivity index (χ1v) is 9.63. The van der Waals surface area contributed by atoms with E-state index in [0.717, 1.165) is 18.1 Å². The molecule has 0 radical (unpaired) electrons. The van der Waals surface area contributed by atoms with Crippen LogP contribution >= 0.6 is 11.3 Å². The monoisotopic (exact) mass is 401 g/mol. The number of amides is 1. The van der Waals surface area contributed by atoms with Crippen LogP contribution < -0.4 is 10.6 Å². The van der Waals surface area contributed by atoms with Crippen LogP contribution in [0.4, 0.5) is 25.3 Å². The molecule has 0 spiro atoms. The van der Waals surface area contributed by atoms with Crippen molar-refractivity contribution >= 4 is 33.8 Å². The molecular weight excluding hydrogens is 384 g/mol.